The number of carbonyl (C=O) groups excluding carboxylic acids is 1. The lowest BCUT2D eigenvalue weighted by Gasteiger charge is -2.36. The van der Waals surface area contributed by atoms with E-state index in [1.165, 1.54) is 17.8 Å². The molecule has 1 aliphatic rings. The van der Waals surface area contributed by atoms with Crippen molar-refractivity contribution in [1.29, 1.82) is 0 Å². The van der Waals surface area contributed by atoms with Crippen LogP contribution in [0.2, 0.25) is 0 Å². The van der Waals surface area contributed by atoms with Gasteiger partial charge in [-0.1, -0.05) is 6.92 Å². The zero-order valence-corrected chi connectivity index (χ0v) is 11.1. The second-order valence-corrected chi connectivity index (χ2v) is 5.50. The van der Waals surface area contributed by atoms with Crippen molar-refractivity contribution < 1.29 is 18.7 Å². The summed E-state index contributed by atoms with van der Waals surface area (Å²) in [6.45, 7) is 3.78. The lowest BCUT2D eigenvalue weighted by molar-refractivity contribution is -0.160. The number of furan rings is 1. The van der Waals surface area contributed by atoms with Gasteiger partial charge in [-0.3, -0.25) is 0 Å². The van der Waals surface area contributed by atoms with Gasteiger partial charge in [0.05, 0.1) is 25.2 Å². The highest BCUT2D eigenvalue weighted by Gasteiger charge is 2.34. The van der Waals surface area contributed by atoms with Gasteiger partial charge in [-0.05, 0) is 17.5 Å². The zero-order valence-electron chi connectivity index (χ0n) is 10.3. The van der Waals surface area contributed by atoms with Gasteiger partial charge in [0, 0.05) is 11.5 Å². The molecule has 0 aliphatic carbocycles. The number of hydrogen-bond donors (Lipinski definition) is 0. The Bertz CT molecular complexity index is 407. The highest BCUT2D eigenvalue weighted by Crippen LogP contribution is 2.26. The highest BCUT2D eigenvalue weighted by molar-refractivity contribution is 8.01. The van der Waals surface area contributed by atoms with Crippen molar-refractivity contribution in [3.8, 4) is 0 Å². The van der Waals surface area contributed by atoms with E-state index >= 15 is 0 Å². The maximum absolute atomic E-state index is 11.4. The molecule has 0 unspecified atom stereocenters. The molecule has 1 aliphatic heterocycles. The Morgan fingerprint density at radius 1 is 1.61 bits per heavy atom. The molecule has 98 valence electrons. The number of thioether (sulfide) groups is 1. The average Bonchev–Trinajstić information content (AvgIpc) is 2.82. The molecule has 4 nitrogen and oxygen atoms in total. The van der Waals surface area contributed by atoms with E-state index in [2.05, 4.69) is 0 Å². The molecule has 1 aromatic heterocycles. The van der Waals surface area contributed by atoms with Crippen LogP contribution in [0.25, 0.3) is 0 Å². The van der Waals surface area contributed by atoms with Crippen LogP contribution in [-0.4, -0.2) is 25.8 Å². The first kappa shape index (κ1) is 13.2. The van der Waals surface area contributed by atoms with Gasteiger partial charge in [0.1, 0.15) is 12.4 Å². The van der Waals surface area contributed by atoms with Crippen molar-refractivity contribution in [1.82, 2.24) is 0 Å². The van der Waals surface area contributed by atoms with Crippen molar-refractivity contribution in [3.05, 3.63) is 35.6 Å². The van der Waals surface area contributed by atoms with Crippen molar-refractivity contribution in [2.75, 3.05) is 19.8 Å². The number of hydrogen-bond acceptors (Lipinski definition) is 5. The minimum atomic E-state index is -0.310. The first-order valence-electron chi connectivity index (χ1n) is 5.73. The Labute approximate surface area is 110 Å². The standard InChI is InChI=1S/C13H16O4S/c1-13(8-15-9-13)10-17-12(14)4-6-18-7-11-3-2-5-16-11/h2-6H,7-10H2,1H3/b6-4+. The molecule has 1 aromatic rings. The molecule has 0 aromatic carbocycles. The van der Waals surface area contributed by atoms with Crippen molar-refractivity contribution in [2.45, 2.75) is 12.7 Å². The SMILES string of the molecule is CC1(COC(=O)/C=C/SCc2ccco2)COC1. The monoisotopic (exact) mass is 268 g/mol. The van der Waals surface area contributed by atoms with Gasteiger partial charge in [-0.25, -0.2) is 4.79 Å². The quantitative estimate of drug-likeness (QED) is 0.586. The molecule has 2 rings (SSSR count). The Balaban J connectivity index is 1.61. The minimum Gasteiger partial charge on any atom is -0.468 e. The number of esters is 1. The molecule has 0 spiro atoms. The average molecular weight is 268 g/mol. The lowest BCUT2D eigenvalue weighted by Crippen LogP contribution is -2.43. The normalized spacial score (nSPS) is 17.6. The smallest absolute Gasteiger partial charge is 0.331 e. The van der Waals surface area contributed by atoms with Gasteiger partial charge < -0.3 is 13.9 Å². The zero-order chi connectivity index (χ0) is 12.8. The van der Waals surface area contributed by atoms with E-state index in [0.29, 0.717) is 25.6 Å². The Hall–Kier alpha value is -1.20. The van der Waals surface area contributed by atoms with Crippen LogP contribution >= 0.6 is 11.8 Å². The molecule has 1 fully saturated rings. The topological polar surface area (TPSA) is 48.7 Å². The summed E-state index contributed by atoms with van der Waals surface area (Å²) in [7, 11) is 0. The minimum absolute atomic E-state index is 0.00477. The van der Waals surface area contributed by atoms with Crippen molar-refractivity contribution in [3.63, 3.8) is 0 Å². The fourth-order valence-corrected chi connectivity index (χ4v) is 2.09. The number of ether oxygens (including phenoxy) is 2. The predicted octanol–water partition coefficient (Wildman–Crippen LogP) is 2.61. The highest BCUT2D eigenvalue weighted by atomic mass is 32.2. The summed E-state index contributed by atoms with van der Waals surface area (Å²) < 4.78 is 15.4. The third-order valence-corrected chi connectivity index (χ3v) is 3.35. The Kier molecular flexibility index (Phi) is 4.49. The van der Waals surface area contributed by atoms with Gasteiger partial charge in [0.2, 0.25) is 0 Å². The van der Waals surface area contributed by atoms with E-state index in [9.17, 15) is 4.79 Å². The van der Waals surface area contributed by atoms with Crippen LogP contribution in [0.1, 0.15) is 12.7 Å². The Morgan fingerprint density at radius 3 is 3.06 bits per heavy atom. The summed E-state index contributed by atoms with van der Waals surface area (Å²) in [5.41, 5.74) is 0.00477. The maximum atomic E-state index is 11.4. The third kappa shape index (κ3) is 3.92. The Morgan fingerprint density at radius 2 is 2.44 bits per heavy atom. The molecule has 0 N–H and O–H groups in total. The van der Waals surface area contributed by atoms with Crippen LogP contribution in [-0.2, 0) is 20.0 Å². The molecule has 18 heavy (non-hydrogen) atoms. The van der Waals surface area contributed by atoms with E-state index in [-0.39, 0.29) is 11.4 Å². The summed E-state index contributed by atoms with van der Waals surface area (Å²) in [5.74, 6) is 1.29. The number of carbonyl (C=O) groups is 1. The van der Waals surface area contributed by atoms with E-state index in [1.54, 1.807) is 11.7 Å². The van der Waals surface area contributed by atoms with Crippen LogP contribution in [0.3, 0.4) is 0 Å². The maximum Gasteiger partial charge on any atom is 0.331 e. The largest absolute Gasteiger partial charge is 0.468 e. The summed E-state index contributed by atoms with van der Waals surface area (Å²) in [6, 6.07) is 3.74. The second kappa shape index (κ2) is 6.11. The van der Waals surface area contributed by atoms with Crippen LogP contribution in [0, 0.1) is 5.41 Å². The molecule has 2 heterocycles. The first-order chi connectivity index (χ1) is 8.68. The summed E-state index contributed by atoms with van der Waals surface area (Å²) in [6.07, 6.45) is 3.08. The first-order valence-corrected chi connectivity index (χ1v) is 6.78. The lowest BCUT2D eigenvalue weighted by atomic mass is 9.90. The molecule has 5 heteroatoms. The van der Waals surface area contributed by atoms with Gasteiger partial charge in [-0.2, -0.15) is 0 Å². The molecule has 0 radical (unpaired) electrons. The molecule has 1 saturated heterocycles. The van der Waals surface area contributed by atoms with E-state index in [1.807, 2.05) is 19.1 Å². The second-order valence-electron chi connectivity index (χ2n) is 4.60. The van der Waals surface area contributed by atoms with Crippen LogP contribution < -0.4 is 0 Å². The fraction of sp³-hybridized carbons (Fsp3) is 0.462. The molecule has 0 saturated carbocycles. The van der Waals surface area contributed by atoms with Crippen molar-refractivity contribution in [2.24, 2.45) is 5.41 Å². The molecule has 0 bridgehead atoms. The molecular formula is C13H16O4S. The van der Waals surface area contributed by atoms with Crippen LogP contribution in [0.15, 0.2) is 34.3 Å². The molecule has 0 atom stereocenters. The van der Waals surface area contributed by atoms with Crippen molar-refractivity contribution >= 4 is 17.7 Å². The van der Waals surface area contributed by atoms with E-state index in [4.69, 9.17) is 13.9 Å². The van der Waals surface area contributed by atoms with Gasteiger partial charge in [0.25, 0.3) is 0 Å². The third-order valence-electron chi connectivity index (χ3n) is 2.57. The van der Waals surface area contributed by atoms with Gasteiger partial charge >= 0.3 is 5.97 Å². The summed E-state index contributed by atoms with van der Waals surface area (Å²) in [4.78, 5) is 11.4. The van der Waals surface area contributed by atoms with E-state index < -0.39 is 0 Å². The fourth-order valence-electron chi connectivity index (χ4n) is 1.46. The van der Waals surface area contributed by atoms with Gasteiger partial charge in [-0.15, -0.1) is 11.8 Å². The predicted molar refractivity (Wildman–Crippen MR) is 69.0 cm³/mol. The number of rotatable bonds is 6. The van der Waals surface area contributed by atoms with Crippen LogP contribution in [0.4, 0.5) is 0 Å². The van der Waals surface area contributed by atoms with Crippen LogP contribution in [0.5, 0.6) is 0 Å². The molecule has 0 amide bonds. The summed E-state index contributed by atoms with van der Waals surface area (Å²) in [5, 5.41) is 1.73. The summed E-state index contributed by atoms with van der Waals surface area (Å²) >= 11 is 1.49. The molecular weight excluding hydrogens is 252 g/mol. The van der Waals surface area contributed by atoms with E-state index in [0.717, 1.165) is 5.76 Å². The van der Waals surface area contributed by atoms with Gasteiger partial charge in [0.15, 0.2) is 0 Å².